The molecule has 0 amide bonds. The molecule has 3 aliphatic rings. The van der Waals surface area contributed by atoms with Gasteiger partial charge < -0.3 is 23.7 Å². The number of carbonyl (C=O) groups is 4. The molecule has 9 heteroatoms. The normalized spacial score (nSPS) is 34.1. The second kappa shape index (κ2) is 7.84. The van der Waals surface area contributed by atoms with Crippen LogP contribution in [0.4, 0.5) is 0 Å². The summed E-state index contributed by atoms with van der Waals surface area (Å²) >= 11 is 0. The zero-order valence-electron chi connectivity index (χ0n) is 15.5. The van der Waals surface area contributed by atoms with Gasteiger partial charge in [-0.3, -0.25) is 19.2 Å². The molecule has 0 aliphatic carbocycles. The van der Waals surface area contributed by atoms with Crippen LogP contribution in [0.5, 0.6) is 0 Å². The Kier molecular flexibility index (Phi) is 5.69. The third-order valence-corrected chi connectivity index (χ3v) is 5.43. The first-order valence-corrected chi connectivity index (χ1v) is 9.19. The van der Waals surface area contributed by atoms with Crippen LogP contribution in [0.15, 0.2) is 0 Å². The smallest absolute Gasteiger partial charge is 0.313 e. The third kappa shape index (κ3) is 3.52. The maximum Gasteiger partial charge on any atom is 0.313 e. The zero-order valence-corrected chi connectivity index (χ0v) is 15.5. The third-order valence-electron chi connectivity index (χ3n) is 5.43. The van der Waals surface area contributed by atoms with Gasteiger partial charge in [0.05, 0.1) is 19.6 Å². The van der Waals surface area contributed by atoms with Crippen molar-refractivity contribution in [2.45, 2.75) is 57.5 Å². The number of rotatable bonds is 8. The molecule has 3 heterocycles. The molecule has 0 spiro atoms. The van der Waals surface area contributed by atoms with Gasteiger partial charge in [0.15, 0.2) is 12.2 Å². The molecule has 3 aliphatic heterocycles. The minimum atomic E-state index is -0.836. The van der Waals surface area contributed by atoms with E-state index in [2.05, 4.69) is 0 Å². The molecule has 7 unspecified atom stereocenters. The first-order valence-electron chi connectivity index (χ1n) is 9.19. The maximum absolute atomic E-state index is 12.1. The highest BCUT2D eigenvalue weighted by Crippen LogP contribution is 2.51. The molecule has 0 radical (unpaired) electrons. The van der Waals surface area contributed by atoms with Gasteiger partial charge in [0.25, 0.3) is 0 Å². The van der Waals surface area contributed by atoms with Crippen LogP contribution < -0.4 is 0 Å². The van der Waals surface area contributed by atoms with E-state index in [0.29, 0.717) is 12.8 Å². The fourth-order valence-corrected chi connectivity index (χ4v) is 3.78. The summed E-state index contributed by atoms with van der Waals surface area (Å²) in [6, 6.07) is 0. The van der Waals surface area contributed by atoms with Gasteiger partial charge in [-0.05, 0) is 12.8 Å². The van der Waals surface area contributed by atoms with Gasteiger partial charge in [-0.25, -0.2) is 0 Å². The number of esters is 4. The van der Waals surface area contributed by atoms with Crippen molar-refractivity contribution in [1.82, 2.24) is 0 Å². The molecule has 3 saturated heterocycles. The largest absolute Gasteiger partial charge is 0.469 e. The predicted molar refractivity (Wildman–Crippen MR) is 87.1 cm³/mol. The quantitative estimate of drug-likeness (QED) is 0.333. The van der Waals surface area contributed by atoms with Crippen molar-refractivity contribution in [3.05, 3.63) is 0 Å². The lowest BCUT2D eigenvalue weighted by atomic mass is 9.78. The highest BCUT2D eigenvalue weighted by atomic mass is 16.7. The monoisotopic (exact) mass is 384 g/mol. The summed E-state index contributed by atoms with van der Waals surface area (Å²) in [7, 11) is 1.23. The fraction of sp³-hybridized carbons (Fsp3) is 0.778. The van der Waals surface area contributed by atoms with Crippen molar-refractivity contribution in [2.24, 2.45) is 17.8 Å². The SMILES string of the molecule is CCC(C)C(=O)OCCCC(=O)OC1C2OC(=O)C3C2OC1C3C(=O)OC. The zero-order chi connectivity index (χ0) is 19.7. The second-order valence-corrected chi connectivity index (χ2v) is 7.08. The highest BCUT2D eigenvalue weighted by Gasteiger charge is 2.71. The minimum Gasteiger partial charge on any atom is -0.469 e. The molecule has 0 saturated carbocycles. The van der Waals surface area contributed by atoms with Gasteiger partial charge in [-0.1, -0.05) is 13.8 Å². The Balaban J connectivity index is 1.51. The molecule has 27 heavy (non-hydrogen) atoms. The lowest BCUT2D eigenvalue weighted by molar-refractivity contribution is -0.163. The average molecular weight is 384 g/mol. The van der Waals surface area contributed by atoms with E-state index < -0.39 is 54.2 Å². The predicted octanol–water partition coefficient (Wildman–Crippen LogP) is 0.380. The van der Waals surface area contributed by atoms with Gasteiger partial charge in [0, 0.05) is 6.42 Å². The number of hydrogen-bond acceptors (Lipinski definition) is 9. The molecule has 3 rings (SSSR count). The van der Waals surface area contributed by atoms with Crippen LogP contribution in [0, 0.1) is 17.8 Å². The summed E-state index contributed by atoms with van der Waals surface area (Å²) in [5.41, 5.74) is 0. The molecule has 0 N–H and O–H groups in total. The van der Waals surface area contributed by atoms with E-state index >= 15 is 0 Å². The van der Waals surface area contributed by atoms with E-state index in [1.807, 2.05) is 6.92 Å². The Morgan fingerprint density at radius 2 is 1.93 bits per heavy atom. The Morgan fingerprint density at radius 1 is 1.19 bits per heavy atom. The van der Waals surface area contributed by atoms with Crippen LogP contribution in [0.3, 0.4) is 0 Å². The van der Waals surface area contributed by atoms with Gasteiger partial charge in [-0.15, -0.1) is 0 Å². The lowest BCUT2D eigenvalue weighted by Crippen LogP contribution is -2.47. The van der Waals surface area contributed by atoms with Crippen LogP contribution in [0.1, 0.15) is 33.1 Å². The Hall–Kier alpha value is -2.16. The first kappa shape index (κ1) is 19.6. The highest BCUT2D eigenvalue weighted by molar-refractivity contribution is 5.86. The number of fused-ring (bicyclic) bond motifs is 1. The first-order chi connectivity index (χ1) is 12.9. The van der Waals surface area contributed by atoms with Crippen LogP contribution in [0.25, 0.3) is 0 Å². The van der Waals surface area contributed by atoms with E-state index in [1.165, 1.54) is 7.11 Å². The number of ether oxygens (including phenoxy) is 5. The second-order valence-electron chi connectivity index (χ2n) is 7.08. The summed E-state index contributed by atoms with van der Waals surface area (Å²) in [4.78, 5) is 47.8. The lowest BCUT2D eigenvalue weighted by Gasteiger charge is -2.26. The van der Waals surface area contributed by atoms with Crippen LogP contribution in [-0.2, 0) is 42.9 Å². The average Bonchev–Trinajstić information content (AvgIpc) is 3.27. The van der Waals surface area contributed by atoms with E-state index in [0.717, 1.165) is 0 Å². The van der Waals surface area contributed by atoms with E-state index in [1.54, 1.807) is 6.92 Å². The molecule has 150 valence electrons. The van der Waals surface area contributed by atoms with Crippen LogP contribution in [-0.4, -0.2) is 62.0 Å². The topological polar surface area (TPSA) is 114 Å². The molecule has 7 atom stereocenters. The van der Waals surface area contributed by atoms with E-state index in [-0.39, 0.29) is 24.9 Å². The Bertz CT molecular complexity index is 630. The van der Waals surface area contributed by atoms with Gasteiger partial charge in [0.2, 0.25) is 0 Å². The van der Waals surface area contributed by atoms with Crippen LogP contribution >= 0.6 is 0 Å². The molecule has 3 fully saturated rings. The van der Waals surface area contributed by atoms with Crippen molar-refractivity contribution < 1.29 is 42.9 Å². The van der Waals surface area contributed by atoms with E-state index in [9.17, 15) is 19.2 Å². The molecular weight excluding hydrogens is 360 g/mol. The minimum absolute atomic E-state index is 0.0364. The van der Waals surface area contributed by atoms with Gasteiger partial charge in [-0.2, -0.15) is 0 Å². The van der Waals surface area contributed by atoms with Crippen molar-refractivity contribution >= 4 is 23.9 Å². The molecular formula is C18H24O9. The molecule has 2 bridgehead atoms. The van der Waals surface area contributed by atoms with Crippen molar-refractivity contribution in [3.63, 3.8) is 0 Å². The van der Waals surface area contributed by atoms with Crippen molar-refractivity contribution in [2.75, 3.05) is 13.7 Å². The molecule has 0 aromatic rings. The number of methoxy groups -OCH3 is 1. The number of carbonyl (C=O) groups excluding carboxylic acids is 4. The fourth-order valence-electron chi connectivity index (χ4n) is 3.78. The Morgan fingerprint density at radius 3 is 2.59 bits per heavy atom. The molecule has 0 aromatic heterocycles. The van der Waals surface area contributed by atoms with Gasteiger partial charge in [0.1, 0.15) is 24.0 Å². The summed E-state index contributed by atoms with van der Waals surface area (Å²) in [6.45, 7) is 3.79. The summed E-state index contributed by atoms with van der Waals surface area (Å²) in [5.74, 6) is -3.65. The standard InChI is InChI=1S/C18H24O9/c1-4-8(2)16(20)24-7-5-6-9(19)25-14-12-10(17(21)23-3)11-13(26-12)15(14)27-18(11)22/h8,10-15H,4-7H2,1-3H3. The summed E-state index contributed by atoms with van der Waals surface area (Å²) in [6.07, 6.45) is -1.84. The van der Waals surface area contributed by atoms with Crippen molar-refractivity contribution in [1.29, 1.82) is 0 Å². The van der Waals surface area contributed by atoms with Crippen LogP contribution in [0.2, 0.25) is 0 Å². The van der Waals surface area contributed by atoms with Gasteiger partial charge >= 0.3 is 23.9 Å². The number of hydrogen-bond donors (Lipinski definition) is 0. The maximum atomic E-state index is 12.1. The van der Waals surface area contributed by atoms with E-state index in [4.69, 9.17) is 23.7 Å². The summed E-state index contributed by atoms with van der Waals surface area (Å²) in [5, 5.41) is 0. The summed E-state index contributed by atoms with van der Waals surface area (Å²) < 4.78 is 26.2. The Labute approximate surface area is 156 Å². The van der Waals surface area contributed by atoms with Crippen molar-refractivity contribution in [3.8, 4) is 0 Å². The molecule has 9 nitrogen and oxygen atoms in total. The molecule has 0 aromatic carbocycles.